The maximum absolute atomic E-state index is 12.5. The van der Waals surface area contributed by atoms with E-state index in [0.717, 1.165) is 32.4 Å². The highest BCUT2D eigenvalue weighted by Crippen LogP contribution is 2.20. The van der Waals surface area contributed by atoms with Gasteiger partial charge >= 0.3 is 0 Å². The number of aromatic nitrogens is 2. The first-order chi connectivity index (χ1) is 13.4. The van der Waals surface area contributed by atoms with Crippen LogP contribution in [0, 0.1) is 20.8 Å². The zero-order valence-electron chi connectivity index (χ0n) is 16.7. The summed E-state index contributed by atoms with van der Waals surface area (Å²) in [6, 6.07) is 13.7. The van der Waals surface area contributed by atoms with Crippen molar-refractivity contribution in [3.05, 3.63) is 69.2 Å². The number of nitrogens with zero attached hydrogens (tertiary/aromatic N) is 3. The molecule has 28 heavy (non-hydrogen) atoms. The van der Waals surface area contributed by atoms with Crippen LogP contribution in [0.4, 0.5) is 0 Å². The van der Waals surface area contributed by atoms with Crippen LogP contribution in [0.5, 0.6) is 0 Å². The Morgan fingerprint density at radius 1 is 1.04 bits per heavy atom. The highest BCUT2D eigenvalue weighted by molar-refractivity contribution is 7.14. The molecule has 3 rings (SSSR count). The van der Waals surface area contributed by atoms with E-state index in [0.29, 0.717) is 6.54 Å². The average molecular weight is 396 g/mol. The van der Waals surface area contributed by atoms with E-state index in [-0.39, 0.29) is 24.5 Å². The second kappa shape index (κ2) is 8.52. The Balaban J connectivity index is 1.64. The van der Waals surface area contributed by atoms with Crippen LogP contribution >= 0.6 is 11.3 Å². The van der Waals surface area contributed by atoms with E-state index in [1.807, 2.05) is 67.9 Å². The Hall–Kier alpha value is -2.73. The van der Waals surface area contributed by atoms with Gasteiger partial charge < -0.3 is 4.90 Å². The van der Waals surface area contributed by atoms with E-state index < -0.39 is 0 Å². The third-order valence-corrected chi connectivity index (χ3v) is 5.89. The van der Waals surface area contributed by atoms with Crippen LogP contribution in [0.2, 0.25) is 0 Å². The molecule has 0 N–H and O–H groups in total. The molecule has 0 unspecified atom stereocenters. The number of rotatable bonds is 7. The van der Waals surface area contributed by atoms with Crippen LogP contribution in [0.3, 0.4) is 0 Å². The van der Waals surface area contributed by atoms with Crippen LogP contribution in [0.1, 0.15) is 44.3 Å². The molecule has 0 bridgehead atoms. The van der Waals surface area contributed by atoms with Crippen LogP contribution < -0.4 is 0 Å². The van der Waals surface area contributed by atoms with Crippen molar-refractivity contribution in [2.75, 3.05) is 7.05 Å². The minimum absolute atomic E-state index is 0.0316. The summed E-state index contributed by atoms with van der Waals surface area (Å²) in [7, 11) is 1.78. The predicted octanol–water partition coefficient (Wildman–Crippen LogP) is 4.48. The first-order valence-corrected chi connectivity index (χ1v) is 10.1. The summed E-state index contributed by atoms with van der Waals surface area (Å²) in [6.45, 7) is 6.43. The molecular weight excluding hydrogens is 370 g/mol. The van der Waals surface area contributed by atoms with Crippen LogP contribution in [-0.2, 0) is 11.3 Å². The van der Waals surface area contributed by atoms with E-state index in [1.54, 1.807) is 11.9 Å². The van der Waals surface area contributed by atoms with Gasteiger partial charge in [0.1, 0.15) is 0 Å². The Labute approximate surface area is 169 Å². The molecule has 0 aliphatic rings. The van der Waals surface area contributed by atoms with Gasteiger partial charge in [0.15, 0.2) is 5.78 Å². The average Bonchev–Trinajstić information content (AvgIpc) is 3.25. The van der Waals surface area contributed by atoms with Crippen molar-refractivity contribution in [2.24, 2.45) is 0 Å². The lowest BCUT2D eigenvalue weighted by Crippen LogP contribution is -2.27. The molecule has 6 heteroatoms. The van der Waals surface area contributed by atoms with Crippen molar-refractivity contribution >= 4 is 23.0 Å². The smallest absolute Gasteiger partial charge is 0.223 e. The van der Waals surface area contributed by atoms with Gasteiger partial charge in [-0.15, -0.1) is 11.3 Å². The summed E-state index contributed by atoms with van der Waals surface area (Å²) < 4.78 is 1.91. The number of hydrogen-bond donors (Lipinski definition) is 0. The minimum atomic E-state index is -0.0344. The molecule has 0 radical (unpaired) electrons. The van der Waals surface area contributed by atoms with Crippen molar-refractivity contribution in [2.45, 2.75) is 40.2 Å². The Bertz CT molecular complexity index is 989. The summed E-state index contributed by atoms with van der Waals surface area (Å²) in [5.74, 6) is -0.00278. The first-order valence-electron chi connectivity index (χ1n) is 9.31. The standard InChI is InChI=1S/C22H25N3O2S/c1-15-10-12-21(28-15)20(26)11-13-22(27)24(4)14-19-16(2)23-25(17(19)3)18-8-6-5-7-9-18/h5-10,12H,11,13-14H2,1-4H3. The quantitative estimate of drug-likeness (QED) is 0.554. The van der Waals surface area contributed by atoms with E-state index in [4.69, 9.17) is 0 Å². The van der Waals surface area contributed by atoms with Gasteiger partial charge in [-0.3, -0.25) is 9.59 Å². The summed E-state index contributed by atoms with van der Waals surface area (Å²) in [5, 5.41) is 4.63. The molecular formula is C22H25N3O2S. The lowest BCUT2D eigenvalue weighted by atomic mass is 10.1. The highest BCUT2D eigenvalue weighted by atomic mass is 32.1. The lowest BCUT2D eigenvalue weighted by molar-refractivity contribution is -0.130. The predicted molar refractivity (Wildman–Crippen MR) is 112 cm³/mol. The number of Topliss-reactive ketones (excluding diaryl/α,β-unsaturated/α-hetero) is 1. The summed E-state index contributed by atoms with van der Waals surface area (Å²) in [5.41, 5.74) is 3.97. The molecule has 5 nitrogen and oxygen atoms in total. The molecule has 146 valence electrons. The monoisotopic (exact) mass is 395 g/mol. The second-order valence-corrected chi connectivity index (χ2v) is 8.27. The zero-order chi connectivity index (χ0) is 20.3. The SMILES string of the molecule is Cc1ccc(C(=O)CCC(=O)N(C)Cc2c(C)nn(-c3ccccc3)c2C)s1. The lowest BCUT2D eigenvalue weighted by Gasteiger charge is -2.17. The van der Waals surface area contributed by atoms with Crippen LogP contribution in [-0.4, -0.2) is 33.4 Å². The molecule has 0 aliphatic carbocycles. The maximum atomic E-state index is 12.5. The van der Waals surface area contributed by atoms with Gasteiger partial charge in [0.05, 0.1) is 16.3 Å². The van der Waals surface area contributed by atoms with E-state index in [9.17, 15) is 9.59 Å². The molecule has 1 amide bonds. The van der Waals surface area contributed by atoms with Gasteiger partial charge in [0, 0.05) is 42.6 Å². The van der Waals surface area contributed by atoms with E-state index in [1.165, 1.54) is 11.3 Å². The molecule has 1 aromatic carbocycles. The Morgan fingerprint density at radius 2 is 1.75 bits per heavy atom. The molecule has 0 atom stereocenters. The number of carbonyl (C=O) groups excluding carboxylic acids is 2. The molecule has 0 saturated carbocycles. The van der Waals surface area contributed by atoms with Crippen molar-refractivity contribution in [1.82, 2.24) is 14.7 Å². The van der Waals surface area contributed by atoms with Crippen LogP contribution in [0.25, 0.3) is 5.69 Å². The number of amides is 1. The minimum Gasteiger partial charge on any atom is -0.341 e. The Kier molecular flexibility index (Phi) is 6.09. The molecule has 3 aromatic rings. The number of carbonyl (C=O) groups is 2. The summed E-state index contributed by atoms with van der Waals surface area (Å²) in [4.78, 5) is 28.3. The van der Waals surface area contributed by atoms with Gasteiger partial charge in [0.25, 0.3) is 0 Å². The number of thiophene rings is 1. The van der Waals surface area contributed by atoms with Crippen molar-refractivity contribution in [1.29, 1.82) is 0 Å². The molecule has 0 aliphatic heterocycles. The van der Waals surface area contributed by atoms with Crippen LogP contribution in [0.15, 0.2) is 42.5 Å². The molecule has 0 spiro atoms. The molecule has 2 aromatic heterocycles. The molecule has 0 saturated heterocycles. The molecule has 2 heterocycles. The van der Waals surface area contributed by atoms with E-state index in [2.05, 4.69) is 5.10 Å². The third-order valence-electron chi connectivity index (χ3n) is 4.84. The van der Waals surface area contributed by atoms with Gasteiger partial charge in [-0.25, -0.2) is 4.68 Å². The third kappa shape index (κ3) is 4.39. The van der Waals surface area contributed by atoms with Crippen molar-refractivity contribution in [3.63, 3.8) is 0 Å². The van der Waals surface area contributed by atoms with Gasteiger partial charge in [-0.05, 0) is 45.0 Å². The molecule has 0 fully saturated rings. The number of hydrogen-bond acceptors (Lipinski definition) is 4. The van der Waals surface area contributed by atoms with E-state index >= 15 is 0 Å². The topological polar surface area (TPSA) is 55.2 Å². The largest absolute Gasteiger partial charge is 0.341 e. The number of ketones is 1. The summed E-state index contributed by atoms with van der Waals surface area (Å²) >= 11 is 1.48. The van der Waals surface area contributed by atoms with Gasteiger partial charge in [-0.1, -0.05) is 18.2 Å². The van der Waals surface area contributed by atoms with Gasteiger partial charge in [0.2, 0.25) is 5.91 Å². The number of para-hydroxylation sites is 1. The maximum Gasteiger partial charge on any atom is 0.223 e. The normalized spacial score (nSPS) is 10.9. The van der Waals surface area contributed by atoms with Crippen molar-refractivity contribution < 1.29 is 9.59 Å². The fourth-order valence-corrected chi connectivity index (χ4v) is 4.00. The number of aryl methyl sites for hydroxylation is 2. The number of benzene rings is 1. The zero-order valence-corrected chi connectivity index (χ0v) is 17.5. The highest BCUT2D eigenvalue weighted by Gasteiger charge is 2.18. The summed E-state index contributed by atoms with van der Waals surface area (Å²) in [6.07, 6.45) is 0.460. The fraction of sp³-hybridized carbons (Fsp3) is 0.318. The van der Waals surface area contributed by atoms with Crippen molar-refractivity contribution in [3.8, 4) is 5.69 Å². The van der Waals surface area contributed by atoms with Gasteiger partial charge in [-0.2, -0.15) is 5.10 Å². The first kappa shape index (κ1) is 20.0. The Morgan fingerprint density at radius 3 is 2.39 bits per heavy atom. The fourth-order valence-electron chi connectivity index (χ4n) is 3.17. The second-order valence-electron chi connectivity index (χ2n) is 6.98.